The van der Waals surface area contributed by atoms with Crippen molar-refractivity contribution in [3.63, 3.8) is 0 Å². The lowest BCUT2D eigenvalue weighted by molar-refractivity contribution is -0.130. The molecule has 1 fully saturated rings. The van der Waals surface area contributed by atoms with Crippen molar-refractivity contribution in [3.8, 4) is 0 Å². The van der Waals surface area contributed by atoms with E-state index in [1.54, 1.807) is 13.0 Å². The lowest BCUT2D eigenvalue weighted by Crippen LogP contribution is -2.38. The minimum atomic E-state index is -4.41. The summed E-state index contributed by atoms with van der Waals surface area (Å²) in [5.74, 6) is -1.01. The van der Waals surface area contributed by atoms with Gasteiger partial charge in [-0.25, -0.2) is 22.2 Å². The lowest BCUT2D eigenvalue weighted by atomic mass is 9.93. The molecule has 0 saturated carbocycles. The van der Waals surface area contributed by atoms with Crippen LogP contribution >= 0.6 is 0 Å². The van der Waals surface area contributed by atoms with Gasteiger partial charge < -0.3 is 9.47 Å². The molecule has 0 atom stereocenters. The molecule has 2 heterocycles. The van der Waals surface area contributed by atoms with Crippen molar-refractivity contribution >= 4 is 26.8 Å². The Bertz CT molecular complexity index is 1330. The number of rotatable bonds is 4. The summed E-state index contributed by atoms with van der Waals surface area (Å²) in [6.45, 7) is 9.83. The number of carbonyl (C=O) groups excluding carboxylic acids is 1. The summed E-state index contributed by atoms with van der Waals surface area (Å²) in [6.07, 6.45) is 1.75. The predicted molar refractivity (Wildman–Crippen MR) is 125 cm³/mol. The molecule has 182 valence electrons. The van der Waals surface area contributed by atoms with Crippen LogP contribution in [0.2, 0.25) is 0 Å². The summed E-state index contributed by atoms with van der Waals surface area (Å²) in [4.78, 5) is 17.1. The fourth-order valence-electron chi connectivity index (χ4n) is 4.58. The molecule has 1 aliphatic heterocycles. The van der Waals surface area contributed by atoms with E-state index in [1.807, 2.05) is 25.7 Å². The number of sulfone groups is 1. The number of hydrogen-bond acceptors (Lipinski definition) is 4. The quantitative estimate of drug-likeness (QED) is 0.532. The van der Waals surface area contributed by atoms with Crippen molar-refractivity contribution in [2.24, 2.45) is 5.92 Å². The molecule has 0 bridgehead atoms. The highest BCUT2D eigenvalue weighted by molar-refractivity contribution is 7.91. The Morgan fingerprint density at radius 3 is 2.26 bits per heavy atom. The van der Waals surface area contributed by atoms with Gasteiger partial charge in [0.25, 0.3) is 0 Å². The SMILES string of the molecule is CC(=O)N1CCC(Cn2c(C(C)(C)C)nc3cc(S(=O)(=O)c4c(F)cccc4F)ccc32)CC1. The van der Waals surface area contributed by atoms with Crippen LogP contribution in [0.1, 0.15) is 46.4 Å². The Balaban J connectivity index is 1.74. The lowest BCUT2D eigenvalue weighted by Gasteiger charge is -2.32. The molecule has 0 spiro atoms. The van der Waals surface area contributed by atoms with Gasteiger partial charge in [0.2, 0.25) is 15.7 Å². The second-order valence-electron chi connectivity index (χ2n) is 9.95. The van der Waals surface area contributed by atoms with Crippen LogP contribution in [0.3, 0.4) is 0 Å². The molecule has 0 aliphatic carbocycles. The van der Waals surface area contributed by atoms with Crippen molar-refractivity contribution in [1.29, 1.82) is 0 Å². The van der Waals surface area contributed by atoms with Crippen molar-refractivity contribution < 1.29 is 22.0 Å². The fraction of sp³-hybridized carbons (Fsp3) is 0.440. The number of carbonyl (C=O) groups is 1. The van der Waals surface area contributed by atoms with Gasteiger partial charge in [0.1, 0.15) is 22.4 Å². The molecule has 6 nitrogen and oxygen atoms in total. The van der Waals surface area contributed by atoms with Gasteiger partial charge >= 0.3 is 0 Å². The first-order valence-corrected chi connectivity index (χ1v) is 12.8. The van der Waals surface area contributed by atoms with E-state index in [0.29, 0.717) is 31.1 Å². The van der Waals surface area contributed by atoms with Crippen LogP contribution in [0.15, 0.2) is 46.2 Å². The number of likely N-dealkylation sites (tertiary alicyclic amines) is 1. The third-order valence-corrected chi connectivity index (χ3v) is 8.19. The molecule has 0 radical (unpaired) electrons. The van der Waals surface area contributed by atoms with Gasteiger partial charge in [-0.1, -0.05) is 26.8 Å². The number of piperidine rings is 1. The highest BCUT2D eigenvalue weighted by Crippen LogP contribution is 2.32. The van der Waals surface area contributed by atoms with Crippen LogP contribution in [-0.2, 0) is 26.6 Å². The Labute approximate surface area is 198 Å². The molecule has 9 heteroatoms. The highest BCUT2D eigenvalue weighted by Gasteiger charge is 2.30. The Hall–Kier alpha value is -2.81. The molecular weight excluding hydrogens is 460 g/mol. The first-order valence-electron chi connectivity index (χ1n) is 11.3. The van der Waals surface area contributed by atoms with Gasteiger partial charge in [0.05, 0.1) is 15.9 Å². The second kappa shape index (κ2) is 8.76. The molecule has 1 amide bonds. The Kier molecular flexibility index (Phi) is 6.27. The predicted octanol–water partition coefficient (Wildman–Crippen LogP) is 4.70. The van der Waals surface area contributed by atoms with Crippen LogP contribution in [0.25, 0.3) is 11.0 Å². The van der Waals surface area contributed by atoms with Crippen LogP contribution in [0.5, 0.6) is 0 Å². The van der Waals surface area contributed by atoms with Gasteiger partial charge in [-0.05, 0) is 49.1 Å². The molecule has 1 aliphatic rings. The summed E-state index contributed by atoms with van der Waals surface area (Å²) in [5, 5.41) is 0. The van der Waals surface area contributed by atoms with E-state index in [4.69, 9.17) is 4.98 Å². The zero-order chi connectivity index (χ0) is 24.8. The number of fused-ring (bicyclic) bond motifs is 1. The summed E-state index contributed by atoms with van der Waals surface area (Å²) in [6, 6.07) is 7.42. The van der Waals surface area contributed by atoms with E-state index in [0.717, 1.165) is 42.4 Å². The summed E-state index contributed by atoms with van der Waals surface area (Å²) >= 11 is 0. The Morgan fingerprint density at radius 1 is 1.09 bits per heavy atom. The van der Waals surface area contributed by atoms with Crippen LogP contribution < -0.4 is 0 Å². The summed E-state index contributed by atoms with van der Waals surface area (Å²) in [7, 11) is -4.41. The van der Waals surface area contributed by atoms with Gasteiger partial charge in [0, 0.05) is 32.0 Å². The average Bonchev–Trinajstić information content (AvgIpc) is 3.12. The number of imidazole rings is 1. The molecular formula is C25H29F2N3O3S. The third-order valence-electron chi connectivity index (χ3n) is 6.39. The normalized spacial score (nSPS) is 15.8. The minimum Gasteiger partial charge on any atom is -0.343 e. The van der Waals surface area contributed by atoms with Crippen molar-refractivity contribution in [2.75, 3.05) is 13.1 Å². The number of amides is 1. The van der Waals surface area contributed by atoms with E-state index in [-0.39, 0.29) is 16.2 Å². The molecule has 1 aromatic heterocycles. The van der Waals surface area contributed by atoms with E-state index in [1.165, 1.54) is 12.1 Å². The highest BCUT2D eigenvalue weighted by atomic mass is 32.2. The number of halogens is 2. The van der Waals surface area contributed by atoms with Gasteiger partial charge in [-0.15, -0.1) is 0 Å². The molecule has 0 N–H and O–H groups in total. The maximum atomic E-state index is 14.2. The zero-order valence-electron chi connectivity index (χ0n) is 19.8. The van der Waals surface area contributed by atoms with E-state index < -0.39 is 26.4 Å². The first kappa shape index (κ1) is 24.3. The third kappa shape index (κ3) is 4.45. The minimum absolute atomic E-state index is 0.0851. The van der Waals surface area contributed by atoms with E-state index >= 15 is 0 Å². The molecule has 1 saturated heterocycles. The van der Waals surface area contributed by atoms with Crippen molar-refractivity contribution in [1.82, 2.24) is 14.5 Å². The Morgan fingerprint density at radius 2 is 1.71 bits per heavy atom. The van der Waals surface area contributed by atoms with Crippen LogP contribution in [0.4, 0.5) is 8.78 Å². The number of benzene rings is 2. The second-order valence-corrected chi connectivity index (χ2v) is 11.8. The maximum absolute atomic E-state index is 14.2. The van der Waals surface area contributed by atoms with Gasteiger partial charge in [-0.3, -0.25) is 4.79 Å². The molecule has 3 aromatic rings. The van der Waals surface area contributed by atoms with E-state index in [9.17, 15) is 22.0 Å². The van der Waals surface area contributed by atoms with Crippen LogP contribution in [0, 0.1) is 17.6 Å². The number of aromatic nitrogens is 2. The number of nitrogens with zero attached hydrogens (tertiary/aromatic N) is 3. The standard InChI is InChI=1S/C25H29F2N3O3S/c1-16(31)29-12-10-17(11-13-29)15-30-22-9-8-18(14-21(22)28-24(30)25(2,3)4)34(32,33)23-19(26)6-5-7-20(23)27/h5-9,14,17H,10-13,15H2,1-4H3. The monoisotopic (exact) mass is 489 g/mol. The maximum Gasteiger partial charge on any atom is 0.219 e. The topological polar surface area (TPSA) is 72.3 Å². The van der Waals surface area contributed by atoms with Crippen LogP contribution in [-0.4, -0.2) is 41.9 Å². The van der Waals surface area contributed by atoms with Gasteiger partial charge in [0.15, 0.2) is 0 Å². The molecule has 34 heavy (non-hydrogen) atoms. The van der Waals surface area contributed by atoms with Gasteiger partial charge in [-0.2, -0.15) is 0 Å². The summed E-state index contributed by atoms with van der Waals surface area (Å²) < 4.78 is 56.7. The van der Waals surface area contributed by atoms with Crippen molar-refractivity contribution in [2.45, 2.75) is 62.3 Å². The summed E-state index contributed by atoms with van der Waals surface area (Å²) in [5.41, 5.74) is 0.922. The molecule has 4 rings (SSSR count). The van der Waals surface area contributed by atoms with E-state index in [2.05, 4.69) is 4.57 Å². The van der Waals surface area contributed by atoms with Crippen molar-refractivity contribution in [3.05, 3.63) is 53.9 Å². The zero-order valence-corrected chi connectivity index (χ0v) is 20.6. The molecule has 0 unspecified atom stereocenters. The number of hydrogen-bond donors (Lipinski definition) is 0. The fourth-order valence-corrected chi connectivity index (χ4v) is 5.98. The molecule has 2 aromatic carbocycles. The average molecular weight is 490 g/mol. The first-order chi connectivity index (χ1) is 15.9. The largest absolute Gasteiger partial charge is 0.343 e. The smallest absolute Gasteiger partial charge is 0.219 e.